The smallest absolute Gasteiger partial charge is 0.211 e. The standard InChI is InChI=1S/C41H43Cl2N7O2S/c1-53(51,52)49-22-17-40-38(30-49)41(46-50(40)21-2-20-47-23-25-48(26-24-47)37-15-18-44-19-16-37)35-11-14-39(43)34(27-35)10-7-31-3-5-32(6-4-31)28-45-29-33-8-12-36(42)13-9-33/h3-6,8-9,11-16,18-19,27,45H,2,17,20-26,28-30H2,1H3. The maximum Gasteiger partial charge on any atom is 0.211 e. The van der Waals surface area contributed by atoms with E-state index in [1.807, 2.05) is 67.0 Å². The molecule has 5 aromatic rings. The Bertz CT molecular complexity index is 2190. The Morgan fingerprint density at radius 1 is 0.811 bits per heavy atom. The van der Waals surface area contributed by atoms with Crippen LogP contribution in [0, 0.1) is 11.8 Å². The van der Waals surface area contributed by atoms with Crippen molar-refractivity contribution >= 4 is 38.9 Å². The van der Waals surface area contributed by atoms with Gasteiger partial charge in [0.1, 0.15) is 0 Å². The van der Waals surface area contributed by atoms with Crippen molar-refractivity contribution in [1.82, 2.24) is 29.3 Å². The maximum atomic E-state index is 12.6. The van der Waals surface area contributed by atoms with Crippen LogP contribution in [0.15, 0.2) is 91.3 Å². The second-order valence-corrected chi connectivity index (χ2v) is 16.4. The SMILES string of the molecule is CS(=O)(=O)N1CCc2c(c(-c3ccc(Cl)c(C#Cc4ccc(CNCc5ccc(Cl)cc5)cc4)c3)nn2CCCN2CCN(c3ccncc3)CC2)C1. The summed E-state index contributed by atoms with van der Waals surface area (Å²) in [4.78, 5) is 9.06. The van der Waals surface area contributed by atoms with Crippen LogP contribution in [0.1, 0.15) is 39.9 Å². The highest BCUT2D eigenvalue weighted by Crippen LogP contribution is 2.33. The molecule has 0 bridgehead atoms. The molecular formula is C41H43Cl2N7O2S. The minimum absolute atomic E-state index is 0.297. The van der Waals surface area contributed by atoms with Crippen molar-refractivity contribution in [2.24, 2.45) is 0 Å². The fourth-order valence-electron chi connectivity index (χ4n) is 6.96. The predicted octanol–water partition coefficient (Wildman–Crippen LogP) is 6.47. The number of pyridine rings is 1. The van der Waals surface area contributed by atoms with E-state index in [1.54, 1.807) is 4.31 Å². The Balaban J connectivity index is 1.03. The predicted molar refractivity (Wildman–Crippen MR) is 214 cm³/mol. The number of nitrogens with zero attached hydrogens (tertiary/aromatic N) is 6. The molecule has 3 aromatic carbocycles. The van der Waals surface area contributed by atoms with Crippen LogP contribution in [0.2, 0.25) is 10.0 Å². The van der Waals surface area contributed by atoms with Gasteiger partial charge in [0.2, 0.25) is 10.0 Å². The lowest BCUT2D eigenvalue weighted by Gasteiger charge is -2.36. The molecule has 0 saturated carbocycles. The van der Waals surface area contributed by atoms with Crippen LogP contribution in [0.4, 0.5) is 5.69 Å². The number of aromatic nitrogens is 3. The largest absolute Gasteiger partial charge is 0.369 e. The van der Waals surface area contributed by atoms with Gasteiger partial charge in [0.05, 0.1) is 17.0 Å². The third-order valence-electron chi connectivity index (χ3n) is 9.92. The fourth-order valence-corrected chi connectivity index (χ4v) is 8.04. The normalized spacial score (nSPS) is 15.2. The molecule has 2 aliphatic heterocycles. The van der Waals surface area contributed by atoms with Crippen molar-refractivity contribution < 1.29 is 8.42 Å². The molecule has 0 unspecified atom stereocenters. The molecule has 12 heteroatoms. The Morgan fingerprint density at radius 3 is 2.21 bits per heavy atom. The van der Waals surface area contributed by atoms with E-state index in [0.29, 0.717) is 30.1 Å². The van der Waals surface area contributed by atoms with E-state index in [9.17, 15) is 8.42 Å². The minimum atomic E-state index is -3.36. The van der Waals surface area contributed by atoms with E-state index >= 15 is 0 Å². The monoisotopic (exact) mass is 767 g/mol. The summed E-state index contributed by atoms with van der Waals surface area (Å²) in [6, 6.07) is 25.9. The highest BCUT2D eigenvalue weighted by Gasteiger charge is 2.30. The molecule has 274 valence electrons. The molecule has 0 radical (unpaired) electrons. The zero-order valence-electron chi connectivity index (χ0n) is 29.8. The highest BCUT2D eigenvalue weighted by molar-refractivity contribution is 7.88. The number of hydrogen-bond donors (Lipinski definition) is 1. The first-order valence-corrected chi connectivity index (χ1v) is 20.6. The van der Waals surface area contributed by atoms with Crippen LogP contribution in [0.5, 0.6) is 0 Å². The summed E-state index contributed by atoms with van der Waals surface area (Å²) < 4.78 is 28.9. The number of rotatable bonds is 11. The first-order chi connectivity index (χ1) is 25.7. The molecule has 2 aromatic heterocycles. The zero-order valence-corrected chi connectivity index (χ0v) is 32.1. The number of piperazine rings is 1. The summed E-state index contributed by atoms with van der Waals surface area (Å²) in [7, 11) is -3.36. The lowest BCUT2D eigenvalue weighted by molar-refractivity contribution is 0.248. The Kier molecular flexibility index (Phi) is 11.8. The van der Waals surface area contributed by atoms with Crippen LogP contribution in [-0.2, 0) is 42.6 Å². The quantitative estimate of drug-likeness (QED) is 0.154. The van der Waals surface area contributed by atoms with Crippen LogP contribution >= 0.6 is 23.2 Å². The van der Waals surface area contributed by atoms with Crippen molar-refractivity contribution in [3.8, 4) is 23.1 Å². The molecule has 53 heavy (non-hydrogen) atoms. The molecule has 1 fully saturated rings. The van der Waals surface area contributed by atoms with Crippen LogP contribution < -0.4 is 10.2 Å². The molecule has 2 aliphatic rings. The van der Waals surface area contributed by atoms with Gasteiger partial charge >= 0.3 is 0 Å². The number of nitrogens with one attached hydrogen (secondary N) is 1. The molecule has 0 aliphatic carbocycles. The lowest BCUT2D eigenvalue weighted by atomic mass is 10.0. The maximum absolute atomic E-state index is 12.6. The molecule has 7 rings (SSSR count). The molecule has 1 saturated heterocycles. The highest BCUT2D eigenvalue weighted by atomic mass is 35.5. The van der Waals surface area contributed by atoms with E-state index in [2.05, 4.69) is 60.9 Å². The molecule has 1 N–H and O–H groups in total. The van der Waals surface area contributed by atoms with Crippen molar-refractivity contribution in [2.75, 3.05) is 50.4 Å². The van der Waals surface area contributed by atoms with E-state index < -0.39 is 10.0 Å². The first kappa shape index (κ1) is 37.1. The molecule has 9 nitrogen and oxygen atoms in total. The number of hydrogen-bond acceptors (Lipinski definition) is 7. The summed E-state index contributed by atoms with van der Waals surface area (Å²) in [5, 5.41) is 9.87. The van der Waals surface area contributed by atoms with Crippen molar-refractivity contribution in [1.29, 1.82) is 0 Å². The number of benzene rings is 3. The molecule has 0 amide bonds. The van der Waals surface area contributed by atoms with Gasteiger partial charge in [-0.25, -0.2) is 8.42 Å². The van der Waals surface area contributed by atoms with E-state index in [1.165, 1.54) is 17.5 Å². The van der Waals surface area contributed by atoms with Gasteiger partial charge in [-0.15, -0.1) is 0 Å². The third kappa shape index (κ3) is 9.48. The number of sulfonamides is 1. The summed E-state index contributed by atoms with van der Waals surface area (Å²) in [6.07, 6.45) is 6.54. The minimum Gasteiger partial charge on any atom is -0.369 e. The average Bonchev–Trinajstić information content (AvgIpc) is 3.54. The fraction of sp³-hybridized carbons (Fsp3) is 0.317. The van der Waals surface area contributed by atoms with Crippen LogP contribution in [0.25, 0.3) is 11.3 Å². The Morgan fingerprint density at radius 2 is 1.51 bits per heavy atom. The zero-order chi connectivity index (χ0) is 36.8. The first-order valence-electron chi connectivity index (χ1n) is 18.0. The molecule has 4 heterocycles. The van der Waals surface area contributed by atoms with Gasteiger partial charge < -0.3 is 10.2 Å². The molecular weight excluding hydrogens is 725 g/mol. The number of anilines is 1. The summed E-state index contributed by atoms with van der Waals surface area (Å²) >= 11 is 12.7. The Hall–Kier alpha value is -4.21. The summed E-state index contributed by atoms with van der Waals surface area (Å²) in [5.41, 5.74) is 8.86. The van der Waals surface area contributed by atoms with Gasteiger partial charge in [-0.2, -0.15) is 9.40 Å². The summed E-state index contributed by atoms with van der Waals surface area (Å²) in [6.45, 7) is 7.97. The van der Waals surface area contributed by atoms with E-state index in [0.717, 1.165) is 97.4 Å². The van der Waals surface area contributed by atoms with Crippen LogP contribution in [-0.4, -0.2) is 77.9 Å². The van der Waals surface area contributed by atoms with Gasteiger partial charge in [-0.3, -0.25) is 14.6 Å². The van der Waals surface area contributed by atoms with Gasteiger partial charge in [0, 0.05) is 123 Å². The number of fused-ring (bicyclic) bond motifs is 1. The topological polar surface area (TPSA) is 86.6 Å². The average molecular weight is 769 g/mol. The Labute approximate surface area is 322 Å². The molecule has 0 atom stereocenters. The van der Waals surface area contributed by atoms with Crippen molar-refractivity contribution in [3.05, 3.63) is 135 Å². The summed E-state index contributed by atoms with van der Waals surface area (Å²) in [5.74, 6) is 6.54. The van der Waals surface area contributed by atoms with Crippen LogP contribution in [0.3, 0.4) is 0 Å². The third-order valence-corrected chi connectivity index (χ3v) is 11.8. The molecule has 0 spiro atoms. The second kappa shape index (κ2) is 16.9. The van der Waals surface area contributed by atoms with E-state index in [-0.39, 0.29) is 0 Å². The number of halogens is 2. The second-order valence-electron chi connectivity index (χ2n) is 13.6. The van der Waals surface area contributed by atoms with Gasteiger partial charge in [0.15, 0.2) is 0 Å². The van der Waals surface area contributed by atoms with Gasteiger partial charge in [-0.05, 0) is 66.1 Å². The van der Waals surface area contributed by atoms with E-state index in [4.69, 9.17) is 28.3 Å². The van der Waals surface area contributed by atoms with Gasteiger partial charge in [-0.1, -0.05) is 65.4 Å². The lowest BCUT2D eigenvalue weighted by Crippen LogP contribution is -2.46. The van der Waals surface area contributed by atoms with Crippen molar-refractivity contribution in [3.63, 3.8) is 0 Å². The van der Waals surface area contributed by atoms with Gasteiger partial charge in [0.25, 0.3) is 0 Å². The van der Waals surface area contributed by atoms with Crippen molar-refractivity contribution in [2.45, 2.75) is 39.0 Å². The number of aryl methyl sites for hydroxylation is 1.